The van der Waals surface area contributed by atoms with Crippen LogP contribution in [0.3, 0.4) is 0 Å². The number of rotatable bonds is 9. The minimum absolute atomic E-state index is 0.723. The highest BCUT2D eigenvalue weighted by Gasteiger charge is 2.23. The molecule has 0 atom stereocenters. The van der Waals surface area contributed by atoms with Gasteiger partial charge in [-0.05, 0) is 33.6 Å². The van der Waals surface area contributed by atoms with Gasteiger partial charge in [0.15, 0.2) is 0 Å². The lowest BCUT2D eigenvalue weighted by Gasteiger charge is -2.24. The van der Waals surface area contributed by atoms with Crippen molar-refractivity contribution in [1.29, 1.82) is 0 Å². The van der Waals surface area contributed by atoms with Gasteiger partial charge in [-0.15, -0.1) is 0 Å². The molecular formula is C15H28N4O. The highest BCUT2D eigenvalue weighted by Crippen LogP contribution is 2.25. The fraction of sp³-hybridized carbons (Fsp3) is 0.800. The quantitative estimate of drug-likeness (QED) is 0.701. The zero-order valence-electron chi connectivity index (χ0n) is 13.3. The Labute approximate surface area is 122 Å². The number of aryl methyl sites for hydroxylation is 2. The maximum absolute atomic E-state index is 5.50. The van der Waals surface area contributed by atoms with Crippen LogP contribution < -0.4 is 10.2 Å². The van der Waals surface area contributed by atoms with Crippen molar-refractivity contribution in [3.63, 3.8) is 0 Å². The first-order valence-electron chi connectivity index (χ1n) is 7.75. The van der Waals surface area contributed by atoms with Gasteiger partial charge in [0.25, 0.3) is 0 Å². The van der Waals surface area contributed by atoms with E-state index in [-0.39, 0.29) is 0 Å². The number of hydrogen-bond donors (Lipinski definition) is 1. The molecule has 1 N–H and O–H groups in total. The van der Waals surface area contributed by atoms with Crippen molar-refractivity contribution in [3.05, 3.63) is 11.3 Å². The zero-order chi connectivity index (χ0) is 14.5. The molecular weight excluding hydrogens is 252 g/mol. The van der Waals surface area contributed by atoms with Crippen LogP contribution in [0.2, 0.25) is 0 Å². The molecule has 2 rings (SSSR count). The first-order valence-corrected chi connectivity index (χ1v) is 7.75. The van der Waals surface area contributed by atoms with E-state index >= 15 is 0 Å². The molecule has 0 unspecified atom stereocenters. The maximum Gasteiger partial charge on any atom is 0.131 e. The predicted molar refractivity (Wildman–Crippen MR) is 82.2 cm³/mol. The second kappa shape index (κ2) is 7.09. The highest BCUT2D eigenvalue weighted by atomic mass is 16.5. The standard InChI is InChI=1S/C15H28N4O/c1-5-19(9-10-20-6-2)15-14(11-16-13-7-8-13)12(3)17-18(15)4/h13,16H,5-11H2,1-4H3. The van der Waals surface area contributed by atoms with Gasteiger partial charge >= 0.3 is 0 Å². The third-order valence-corrected chi connectivity index (χ3v) is 3.85. The Morgan fingerprint density at radius 3 is 2.75 bits per heavy atom. The molecule has 5 heteroatoms. The first kappa shape index (κ1) is 15.3. The number of aromatic nitrogens is 2. The van der Waals surface area contributed by atoms with E-state index in [0.717, 1.165) is 44.6 Å². The van der Waals surface area contributed by atoms with Gasteiger partial charge in [0.2, 0.25) is 0 Å². The smallest absolute Gasteiger partial charge is 0.131 e. The van der Waals surface area contributed by atoms with Crippen molar-refractivity contribution >= 4 is 5.82 Å². The van der Waals surface area contributed by atoms with Gasteiger partial charge in [-0.3, -0.25) is 4.68 Å². The summed E-state index contributed by atoms with van der Waals surface area (Å²) in [6, 6.07) is 0.723. The molecule has 0 aromatic carbocycles. The van der Waals surface area contributed by atoms with Gasteiger partial charge in [-0.2, -0.15) is 5.10 Å². The molecule has 0 bridgehead atoms. The van der Waals surface area contributed by atoms with Crippen molar-refractivity contribution in [2.24, 2.45) is 7.05 Å². The van der Waals surface area contributed by atoms with E-state index < -0.39 is 0 Å². The zero-order valence-corrected chi connectivity index (χ0v) is 13.3. The number of likely N-dealkylation sites (N-methyl/N-ethyl adjacent to an activating group) is 1. The van der Waals surface area contributed by atoms with Crippen molar-refractivity contribution in [2.45, 2.75) is 46.2 Å². The number of anilines is 1. The molecule has 0 spiro atoms. The molecule has 1 aromatic heterocycles. The van der Waals surface area contributed by atoms with Gasteiger partial charge < -0.3 is 15.0 Å². The second-order valence-corrected chi connectivity index (χ2v) is 5.44. The highest BCUT2D eigenvalue weighted by molar-refractivity contribution is 5.50. The molecule has 0 saturated heterocycles. The van der Waals surface area contributed by atoms with E-state index in [1.807, 2.05) is 18.7 Å². The molecule has 114 valence electrons. The van der Waals surface area contributed by atoms with Crippen LogP contribution in [-0.4, -0.2) is 42.1 Å². The lowest BCUT2D eigenvalue weighted by atomic mass is 10.2. The number of nitrogens with one attached hydrogen (secondary N) is 1. The van der Waals surface area contributed by atoms with E-state index in [1.54, 1.807) is 0 Å². The van der Waals surface area contributed by atoms with Crippen LogP contribution in [0.5, 0.6) is 0 Å². The van der Waals surface area contributed by atoms with Crippen molar-refractivity contribution < 1.29 is 4.74 Å². The summed E-state index contributed by atoms with van der Waals surface area (Å²) in [5, 5.41) is 8.20. The first-order chi connectivity index (χ1) is 9.67. The number of ether oxygens (including phenoxy) is 1. The summed E-state index contributed by atoms with van der Waals surface area (Å²) >= 11 is 0. The second-order valence-electron chi connectivity index (χ2n) is 5.44. The minimum atomic E-state index is 0.723. The molecule has 1 saturated carbocycles. The van der Waals surface area contributed by atoms with Crippen molar-refractivity contribution in [1.82, 2.24) is 15.1 Å². The van der Waals surface area contributed by atoms with Crippen molar-refractivity contribution in [2.75, 3.05) is 31.2 Å². The molecule has 0 amide bonds. The lowest BCUT2D eigenvalue weighted by molar-refractivity contribution is 0.153. The number of nitrogens with zero attached hydrogens (tertiary/aromatic N) is 3. The van der Waals surface area contributed by atoms with E-state index in [9.17, 15) is 0 Å². The van der Waals surface area contributed by atoms with Crippen LogP contribution >= 0.6 is 0 Å². The van der Waals surface area contributed by atoms with E-state index in [1.165, 1.54) is 24.2 Å². The van der Waals surface area contributed by atoms with Gasteiger partial charge in [-0.1, -0.05) is 0 Å². The van der Waals surface area contributed by atoms with Crippen LogP contribution in [0.15, 0.2) is 0 Å². The Kier molecular flexibility index (Phi) is 5.43. The Balaban J connectivity index is 2.09. The van der Waals surface area contributed by atoms with Crippen LogP contribution in [0.4, 0.5) is 5.82 Å². The fourth-order valence-electron chi connectivity index (χ4n) is 2.56. The van der Waals surface area contributed by atoms with Gasteiger partial charge in [0, 0.05) is 44.9 Å². The molecule has 1 fully saturated rings. The Bertz CT molecular complexity index is 426. The third kappa shape index (κ3) is 3.73. The van der Waals surface area contributed by atoms with E-state index in [4.69, 9.17) is 4.74 Å². The molecule has 0 aliphatic heterocycles. The van der Waals surface area contributed by atoms with E-state index in [0.29, 0.717) is 0 Å². The molecule has 1 aliphatic rings. The Morgan fingerprint density at radius 1 is 1.40 bits per heavy atom. The Hall–Kier alpha value is -1.07. The summed E-state index contributed by atoms with van der Waals surface area (Å²) in [6.45, 7) is 10.7. The summed E-state index contributed by atoms with van der Waals surface area (Å²) in [4.78, 5) is 2.36. The summed E-state index contributed by atoms with van der Waals surface area (Å²) < 4.78 is 7.50. The van der Waals surface area contributed by atoms with Gasteiger partial charge in [0.1, 0.15) is 5.82 Å². The van der Waals surface area contributed by atoms with Crippen LogP contribution in [0, 0.1) is 6.92 Å². The molecule has 1 heterocycles. The lowest BCUT2D eigenvalue weighted by Crippen LogP contribution is -2.30. The van der Waals surface area contributed by atoms with E-state index in [2.05, 4.69) is 29.2 Å². The van der Waals surface area contributed by atoms with Gasteiger partial charge in [-0.25, -0.2) is 0 Å². The third-order valence-electron chi connectivity index (χ3n) is 3.85. The summed E-state index contributed by atoms with van der Waals surface area (Å²) in [6.07, 6.45) is 2.63. The summed E-state index contributed by atoms with van der Waals surface area (Å²) in [7, 11) is 2.03. The molecule has 20 heavy (non-hydrogen) atoms. The summed E-state index contributed by atoms with van der Waals surface area (Å²) in [5.74, 6) is 1.23. The normalized spacial score (nSPS) is 14.8. The average Bonchev–Trinajstić information content (AvgIpc) is 3.20. The molecule has 1 aromatic rings. The van der Waals surface area contributed by atoms with Crippen LogP contribution in [0.25, 0.3) is 0 Å². The molecule has 0 radical (unpaired) electrons. The van der Waals surface area contributed by atoms with Crippen LogP contribution in [0.1, 0.15) is 37.9 Å². The van der Waals surface area contributed by atoms with Crippen molar-refractivity contribution in [3.8, 4) is 0 Å². The Morgan fingerprint density at radius 2 is 2.15 bits per heavy atom. The number of hydrogen-bond acceptors (Lipinski definition) is 4. The van der Waals surface area contributed by atoms with Crippen LogP contribution in [-0.2, 0) is 18.3 Å². The monoisotopic (exact) mass is 280 g/mol. The average molecular weight is 280 g/mol. The molecule has 1 aliphatic carbocycles. The largest absolute Gasteiger partial charge is 0.380 e. The minimum Gasteiger partial charge on any atom is -0.380 e. The SMILES string of the molecule is CCOCCN(CC)c1c(CNC2CC2)c(C)nn1C. The topological polar surface area (TPSA) is 42.3 Å². The fourth-order valence-corrected chi connectivity index (χ4v) is 2.56. The maximum atomic E-state index is 5.50. The predicted octanol–water partition coefficient (Wildman–Crippen LogP) is 1.84. The van der Waals surface area contributed by atoms with Gasteiger partial charge in [0.05, 0.1) is 12.3 Å². The molecule has 5 nitrogen and oxygen atoms in total. The summed E-state index contributed by atoms with van der Waals surface area (Å²) in [5.41, 5.74) is 2.46.